The van der Waals surface area contributed by atoms with Gasteiger partial charge in [-0.25, -0.2) is 0 Å². The van der Waals surface area contributed by atoms with E-state index >= 15 is 0 Å². The Morgan fingerprint density at radius 1 is 0.917 bits per heavy atom. The largest absolute Gasteiger partial charge is 0.490 e. The van der Waals surface area contributed by atoms with Crippen molar-refractivity contribution in [2.24, 2.45) is 0 Å². The zero-order valence-electron chi connectivity index (χ0n) is 20.1. The fourth-order valence-electron chi connectivity index (χ4n) is 3.60. The van der Waals surface area contributed by atoms with Crippen LogP contribution in [0.25, 0.3) is 6.08 Å². The molecule has 1 heterocycles. The lowest BCUT2D eigenvalue weighted by molar-refractivity contribution is -0.123. The van der Waals surface area contributed by atoms with Gasteiger partial charge >= 0.3 is 10.1 Å². The lowest BCUT2D eigenvalue weighted by atomic mass is 10.1. The normalized spacial score (nSPS) is 15.0. The monoisotopic (exact) mass is 523 g/mol. The molecule has 0 spiro atoms. The van der Waals surface area contributed by atoms with E-state index in [0.29, 0.717) is 5.56 Å². The van der Waals surface area contributed by atoms with Gasteiger partial charge in [-0.3, -0.25) is 14.5 Å². The smallest absolute Gasteiger partial charge is 0.339 e. The minimum absolute atomic E-state index is 0.0295. The van der Waals surface area contributed by atoms with Crippen LogP contribution in [0.1, 0.15) is 29.2 Å². The molecule has 9 heteroatoms. The minimum atomic E-state index is -4.07. The van der Waals surface area contributed by atoms with Crippen molar-refractivity contribution in [2.45, 2.75) is 32.2 Å². The summed E-state index contributed by atoms with van der Waals surface area (Å²) in [5.74, 6) is -0.144. The van der Waals surface area contributed by atoms with E-state index in [-0.39, 0.29) is 45.6 Å². The van der Waals surface area contributed by atoms with Crippen molar-refractivity contribution in [1.82, 2.24) is 4.90 Å². The summed E-state index contributed by atoms with van der Waals surface area (Å²) in [5, 5.41) is -0.345. The topological polar surface area (TPSA) is 90.0 Å². The van der Waals surface area contributed by atoms with E-state index in [1.807, 2.05) is 38.1 Å². The molecule has 2 amide bonds. The van der Waals surface area contributed by atoms with Gasteiger partial charge in [0.1, 0.15) is 4.90 Å². The molecule has 7 nitrogen and oxygen atoms in total. The number of hydrogen-bond donors (Lipinski definition) is 0. The Labute approximate surface area is 214 Å². The summed E-state index contributed by atoms with van der Waals surface area (Å²) >= 11 is 0.862. The third kappa shape index (κ3) is 5.80. The molecule has 0 unspecified atom stereocenters. The number of amides is 2. The lowest BCUT2D eigenvalue weighted by Crippen LogP contribution is -2.27. The molecule has 1 saturated heterocycles. The highest BCUT2D eigenvalue weighted by atomic mass is 32.2. The van der Waals surface area contributed by atoms with Crippen molar-refractivity contribution >= 4 is 39.1 Å². The van der Waals surface area contributed by atoms with E-state index in [4.69, 9.17) is 8.92 Å². The quantitative estimate of drug-likeness (QED) is 0.276. The Morgan fingerprint density at radius 2 is 1.67 bits per heavy atom. The van der Waals surface area contributed by atoms with Crippen molar-refractivity contribution < 1.29 is 26.9 Å². The van der Waals surface area contributed by atoms with Gasteiger partial charge in [-0.2, -0.15) is 8.42 Å². The van der Waals surface area contributed by atoms with Gasteiger partial charge in [-0.15, -0.1) is 0 Å². The van der Waals surface area contributed by atoms with Gasteiger partial charge < -0.3 is 8.92 Å². The molecule has 0 bridgehead atoms. The second-order valence-electron chi connectivity index (χ2n) is 8.25. The van der Waals surface area contributed by atoms with Gasteiger partial charge in [-0.05, 0) is 74.0 Å². The number of carbonyl (C=O) groups excluding carboxylic acids is 2. The van der Waals surface area contributed by atoms with Gasteiger partial charge in [0.05, 0.1) is 18.1 Å². The van der Waals surface area contributed by atoms with Crippen LogP contribution in [0.15, 0.2) is 76.5 Å². The van der Waals surface area contributed by atoms with Gasteiger partial charge in [-0.1, -0.05) is 53.6 Å². The number of ether oxygens (including phenoxy) is 1. The SMILES string of the molecule is CCOc1cc(/C=C2\SC(=O)N(Cc3cccc(C)c3)C2=O)ccc1OS(=O)(=O)c1ccc(C)cc1. The first-order valence-corrected chi connectivity index (χ1v) is 13.5. The molecule has 0 atom stereocenters. The molecule has 0 aromatic heterocycles. The van der Waals surface area contributed by atoms with Crippen LogP contribution in [0.5, 0.6) is 11.5 Å². The van der Waals surface area contributed by atoms with Crippen LogP contribution in [-0.4, -0.2) is 31.1 Å². The standard InChI is InChI=1S/C27H25NO6S2/c1-4-33-24-15-20(10-13-23(24)34-36(31,32)22-11-8-18(2)9-12-22)16-25-26(29)28(27(30)35-25)17-21-7-5-6-19(3)14-21/h5-16H,4,17H2,1-3H3/b25-16-. The number of rotatable bonds is 8. The van der Waals surface area contributed by atoms with E-state index < -0.39 is 10.1 Å². The highest BCUT2D eigenvalue weighted by Gasteiger charge is 2.35. The van der Waals surface area contributed by atoms with Crippen LogP contribution in [0.2, 0.25) is 0 Å². The van der Waals surface area contributed by atoms with Crippen molar-refractivity contribution in [3.8, 4) is 11.5 Å². The molecular weight excluding hydrogens is 498 g/mol. The summed E-state index contributed by atoms with van der Waals surface area (Å²) in [6.07, 6.45) is 1.59. The zero-order chi connectivity index (χ0) is 25.9. The summed E-state index contributed by atoms with van der Waals surface area (Å²) in [7, 11) is -4.07. The predicted molar refractivity (Wildman–Crippen MR) is 139 cm³/mol. The molecule has 0 aliphatic carbocycles. The molecular formula is C27H25NO6S2. The summed E-state index contributed by atoms with van der Waals surface area (Å²) in [6, 6.07) is 18.6. The second kappa shape index (κ2) is 10.6. The summed E-state index contributed by atoms with van der Waals surface area (Å²) in [4.78, 5) is 27.0. The van der Waals surface area contributed by atoms with Gasteiger partial charge in [0.2, 0.25) is 0 Å². The first kappa shape index (κ1) is 25.5. The number of thioether (sulfide) groups is 1. The average Bonchev–Trinajstić information content (AvgIpc) is 3.08. The lowest BCUT2D eigenvalue weighted by Gasteiger charge is -2.13. The number of carbonyl (C=O) groups is 2. The highest BCUT2D eigenvalue weighted by Crippen LogP contribution is 2.36. The van der Waals surface area contributed by atoms with Crippen LogP contribution in [0, 0.1) is 13.8 Å². The number of nitrogens with zero attached hydrogens (tertiary/aromatic N) is 1. The maximum Gasteiger partial charge on any atom is 0.339 e. The van der Waals surface area contributed by atoms with E-state index in [9.17, 15) is 18.0 Å². The minimum Gasteiger partial charge on any atom is -0.490 e. The fraction of sp³-hybridized carbons (Fsp3) is 0.185. The van der Waals surface area contributed by atoms with Crippen LogP contribution >= 0.6 is 11.8 Å². The molecule has 0 N–H and O–H groups in total. The van der Waals surface area contributed by atoms with Crippen LogP contribution in [0.3, 0.4) is 0 Å². The molecule has 3 aromatic rings. The van der Waals surface area contributed by atoms with Gasteiger partial charge in [0.15, 0.2) is 11.5 Å². The Hall–Kier alpha value is -3.56. The molecule has 186 valence electrons. The molecule has 0 saturated carbocycles. The van der Waals surface area contributed by atoms with E-state index in [1.54, 1.807) is 37.3 Å². The molecule has 1 aliphatic heterocycles. The summed E-state index contributed by atoms with van der Waals surface area (Å²) in [6.45, 7) is 6.05. The maximum atomic E-state index is 12.9. The summed E-state index contributed by atoms with van der Waals surface area (Å²) in [5.41, 5.74) is 3.41. The molecule has 4 rings (SSSR count). The molecule has 0 radical (unpaired) electrons. The number of imide groups is 1. The first-order chi connectivity index (χ1) is 17.2. The fourth-order valence-corrected chi connectivity index (χ4v) is 5.38. The van der Waals surface area contributed by atoms with Gasteiger partial charge in [0.25, 0.3) is 11.1 Å². The number of benzene rings is 3. The first-order valence-electron chi connectivity index (χ1n) is 11.2. The van der Waals surface area contributed by atoms with E-state index in [1.165, 1.54) is 23.1 Å². The predicted octanol–water partition coefficient (Wildman–Crippen LogP) is 5.71. The molecule has 36 heavy (non-hydrogen) atoms. The summed E-state index contributed by atoms with van der Waals surface area (Å²) < 4.78 is 36.5. The maximum absolute atomic E-state index is 12.9. The third-order valence-corrected chi connectivity index (χ3v) is 7.53. The van der Waals surface area contributed by atoms with E-state index in [2.05, 4.69) is 0 Å². The average molecular weight is 524 g/mol. The molecule has 3 aromatic carbocycles. The number of aryl methyl sites for hydroxylation is 2. The Kier molecular flexibility index (Phi) is 7.51. The second-order valence-corrected chi connectivity index (χ2v) is 10.8. The molecule has 1 fully saturated rings. The highest BCUT2D eigenvalue weighted by molar-refractivity contribution is 8.18. The Bertz CT molecular complexity index is 1450. The van der Waals surface area contributed by atoms with Crippen molar-refractivity contribution in [3.63, 3.8) is 0 Å². The van der Waals surface area contributed by atoms with E-state index in [0.717, 1.165) is 28.5 Å². The van der Waals surface area contributed by atoms with Crippen molar-refractivity contribution in [2.75, 3.05) is 6.61 Å². The van der Waals surface area contributed by atoms with Gasteiger partial charge in [0, 0.05) is 0 Å². The third-order valence-electron chi connectivity index (χ3n) is 5.37. The van der Waals surface area contributed by atoms with Crippen molar-refractivity contribution in [3.05, 3.63) is 93.9 Å². The van der Waals surface area contributed by atoms with Crippen molar-refractivity contribution in [1.29, 1.82) is 0 Å². The van der Waals surface area contributed by atoms with Crippen LogP contribution in [0.4, 0.5) is 4.79 Å². The Balaban J connectivity index is 1.57. The molecule has 1 aliphatic rings. The zero-order valence-corrected chi connectivity index (χ0v) is 21.7. The van der Waals surface area contributed by atoms with Crippen LogP contribution < -0.4 is 8.92 Å². The Morgan fingerprint density at radius 3 is 2.36 bits per heavy atom. The number of hydrogen-bond acceptors (Lipinski definition) is 7. The van der Waals surface area contributed by atoms with Crippen LogP contribution in [-0.2, 0) is 21.5 Å².